The Hall–Kier alpha value is -2.08. The predicted octanol–water partition coefficient (Wildman–Crippen LogP) is 5.75. The van der Waals surface area contributed by atoms with Crippen molar-refractivity contribution >= 4 is 45.6 Å². The number of carbonyl (C=O) groups is 1. The first kappa shape index (κ1) is 18.7. The van der Waals surface area contributed by atoms with Crippen LogP contribution in [0.1, 0.15) is 11.1 Å². The molecule has 2 aromatic carbocycles. The number of hydrogen-bond donors (Lipinski definition) is 1. The Morgan fingerprint density at radius 1 is 1.19 bits per heavy atom. The smallest absolute Gasteiger partial charge is 0.264 e. The number of nitrogens with one attached hydrogen (secondary N) is 1. The molecule has 0 saturated heterocycles. The monoisotopic (exact) mass is 406 g/mol. The van der Waals surface area contributed by atoms with Crippen molar-refractivity contribution in [3.63, 3.8) is 0 Å². The number of halogens is 2. The number of carbonyl (C=O) groups excluding carboxylic acids is 1. The first-order valence-corrected chi connectivity index (χ1v) is 9.47. The molecule has 1 N–H and O–H groups in total. The summed E-state index contributed by atoms with van der Waals surface area (Å²) >= 11 is 13.4. The van der Waals surface area contributed by atoms with E-state index in [1.54, 1.807) is 18.2 Å². The van der Waals surface area contributed by atoms with Gasteiger partial charge >= 0.3 is 0 Å². The van der Waals surface area contributed by atoms with Gasteiger partial charge in [0.15, 0.2) is 11.7 Å². The topological polar surface area (TPSA) is 51.2 Å². The lowest BCUT2D eigenvalue weighted by Gasteiger charge is -2.09. The zero-order valence-electron chi connectivity index (χ0n) is 14.2. The minimum Gasteiger partial charge on any atom is -0.483 e. The molecule has 26 heavy (non-hydrogen) atoms. The third-order valence-electron chi connectivity index (χ3n) is 3.65. The van der Waals surface area contributed by atoms with Gasteiger partial charge in [0.05, 0.1) is 10.7 Å². The molecule has 0 aliphatic heterocycles. The molecule has 7 heteroatoms. The van der Waals surface area contributed by atoms with Crippen LogP contribution in [0.3, 0.4) is 0 Å². The van der Waals surface area contributed by atoms with E-state index in [0.717, 1.165) is 16.7 Å². The largest absolute Gasteiger partial charge is 0.483 e. The molecule has 1 amide bonds. The van der Waals surface area contributed by atoms with E-state index in [-0.39, 0.29) is 12.5 Å². The molecule has 0 radical (unpaired) electrons. The van der Waals surface area contributed by atoms with E-state index in [9.17, 15) is 4.79 Å². The molecule has 0 fully saturated rings. The fourth-order valence-corrected chi connectivity index (χ4v) is 3.64. The molecule has 0 bridgehead atoms. The van der Waals surface area contributed by atoms with Gasteiger partial charge in [-0.15, -0.1) is 11.3 Å². The van der Waals surface area contributed by atoms with Crippen molar-refractivity contribution in [2.75, 3.05) is 11.9 Å². The van der Waals surface area contributed by atoms with E-state index in [4.69, 9.17) is 27.9 Å². The Labute approximate surface area is 165 Å². The van der Waals surface area contributed by atoms with Gasteiger partial charge in [-0.1, -0.05) is 40.9 Å². The van der Waals surface area contributed by atoms with Gasteiger partial charge in [0, 0.05) is 16.0 Å². The lowest BCUT2D eigenvalue weighted by molar-refractivity contribution is -0.118. The van der Waals surface area contributed by atoms with Gasteiger partial charge in [0.2, 0.25) is 0 Å². The molecule has 0 aliphatic carbocycles. The first-order chi connectivity index (χ1) is 12.4. The molecule has 1 aromatic heterocycles. The Bertz CT molecular complexity index is 956. The Kier molecular flexibility index (Phi) is 5.81. The molecular formula is C19H16Cl2N2O2S. The summed E-state index contributed by atoms with van der Waals surface area (Å²) in [4.78, 5) is 16.5. The van der Waals surface area contributed by atoms with Crippen molar-refractivity contribution in [1.82, 2.24) is 4.98 Å². The summed E-state index contributed by atoms with van der Waals surface area (Å²) in [5, 5.41) is 6.13. The zero-order valence-corrected chi connectivity index (χ0v) is 16.5. The van der Waals surface area contributed by atoms with Crippen LogP contribution < -0.4 is 10.1 Å². The number of rotatable bonds is 5. The summed E-state index contributed by atoms with van der Waals surface area (Å²) in [6.45, 7) is 3.88. The predicted molar refractivity (Wildman–Crippen MR) is 108 cm³/mol. The van der Waals surface area contributed by atoms with Crippen LogP contribution >= 0.6 is 34.5 Å². The third kappa shape index (κ3) is 4.55. The zero-order chi connectivity index (χ0) is 18.7. The van der Waals surface area contributed by atoms with Gasteiger partial charge in [-0.05, 0) is 43.7 Å². The number of benzene rings is 2. The van der Waals surface area contributed by atoms with Crippen molar-refractivity contribution in [3.05, 3.63) is 63.0 Å². The molecule has 3 aromatic rings. The maximum Gasteiger partial charge on any atom is 0.264 e. The lowest BCUT2D eigenvalue weighted by Crippen LogP contribution is -2.20. The van der Waals surface area contributed by atoms with Crippen LogP contribution in [-0.4, -0.2) is 17.5 Å². The lowest BCUT2D eigenvalue weighted by atomic mass is 10.1. The fourth-order valence-electron chi connectivity index (χ4n) is 2.41. The Balaban J connectivity index is 1.62. The van der Waals surface area contributed by atoms with E-state index >= 15 is 0 Å². The Morgan fingerprint density at radius 3 is 2.73 bits per heavy atom. The molecule has 3 rings (SSSR count). The maximum absolute atomic E-state index is 12.1. The third-order valence-corrected chi connectivity index (χ3v) is 4.95. The Morgan fingerprint density at radius 2 is 2.00 bits per heavy atom. The molecule has 0 spiro atoms. The summed E-state index contributed by atoms with van der Waals surface area (Å²) in [5.41, 5.74) is 3.59. The summed E-state index contributed by atoms with van der Waals surface area (Å²) in [7, 11) is 0. The minimum atomic E-state index is -0.270. The number of thiazole rings is 1. The van der Waals surface area contributed by atoms with Crippen LogP contribution in [0.25, 0.3) is 11.3 Å². The van der Waals surface area contributed by atoms with Crippen LogP contribution in [0.15, 0.2) is 41.8 Å². The van der Waals surface area contributed by atoms with E-state index in [0.29, 0.717) is 26.6 Å². The molecule has 0 saturated carbocycles. The maximum atomic E-state index is 12.1. The molecule has 1 heterocycles. The number of nitrogens with zero attached hydrogens (tertiary/aromatic N) is 1. The molecular weight excluding hydrogens is 391 g/mol. The van der Waals surface area contributed by atoms with E-state index in [1.807, 2.05) is 37.4 Å². The molecule has 0 atom stereocenters. The second-order valence-electron chi connectivity index (χ2n) is 5.77. The van der Waals surface area contributed by atoms with Crippen molar-refractivity contribution in [2.24, 2.45) is 0 Å². The molecule has 134 valence electrons. The normalized spacial score (nSPS) is 10.6. The SMILES string of the molecule is Cc1ccc(OCC(=O)Nc2nc(-c3ccc(Cl)cc3Cl)cs2)c(C)c1. The highest BCUT2D eigenvalue weighted by Crippen LogP contribution is 2.32. The minimum absolute atomic E-state index is 0.0828. The van der Waals surface area contributed by atoms with Crippen molar-refractivity contribution < 1.29 is 9.53 Å². The van der Waals surface area contributed by atoms with Crippen LogP contribution in [0.2, 0.25) is 10.0 Å². The van der Waals surface area contributed by atoms with Gasteiger partial charge in [-0.2, -0.15) is 0 Å². The average molecular weight is 407 g/mol. The summed E-state index contributed by atoms with van der Waals surface area (Å²) in [6.07, 6.45) is 0. The second kappa shape index (κ2) is 8.08. The summed E-state index contributed by atoms with van der Waals surface area (Å²) < 4.78 is 5.58. The van der Waals surface area contributed by atoms with Crippen molar-refractivity contribution in [3.8, 4) is 17.0 Å². The number of hydrogen-bond acceptors (Lipinski definition) is 4. The van der Waals surface area contributed by atoms with E-state index in [2.05, 4.69) is 10.3 Å². The molecule has 4 nitrogen and oxygen atoms in total. The number of aromatic nitrogens is 1. The standard InChI is InChI=1S/C19H16Cl2N2O2S/c1-11-3-6-17(12(2)7-11)25-9-18(24)23-19-22-16(10-26-19)14-5-4-13(20)8-15(14)21/h3-8,10H,9H2,1-2H3,(H,22,23,24). The number of ether oxygens (including phenoxy) is 1. The number of anilines is 1. The van der Waals surface area contributed by atoms with Crippen LogP contribution in [0.5, 0.6) is 5.75 Å². The molecule has 0 unspecified atom stereocenters. The highest BCUT2D eigenvalue weighted by atomic mass is 35.5. The quantitative estimate of drug-likeness (QED) is 0.586. The van der Waals surface area contributed by atoms with Gasteiger partial charge in [0.1, 0.15) is 5.75 Å². The van der Waals surface area contributed by atoms with Gasteiger partial charge < -0.3 is 4.74 Å². The van der Waals surface area contributed by atoms with E-state index < -0.39 is 0 Å². The highest BCUT2D eigenvalue weighted by molar-refractivity contribution is 7.14. The highest BCUT2D eigenvalue weighted by Gasteiger charge is 2.12. The fraction of sp³-hybridized carbons (Fsp3) is 0.158. The number of aryl methyl sites for hydroxylation is 2. The van der Waals surface area contributed by atoms with Crippen LogP contribution in [0.4, 0.5) is 5.13 Å². The molecule has 0 aliphatic rings. The average Bonchev–Trinajstić information content (AvgIpc) is 3.02. The van der Waals surface area contributed by atoms with Crippen LogP contribution in [0, 0.1) is 13.8 Å². The van der Waals surface area contributed by atoms with Crippen molar-refractivity contribution in [1.29, 1.82) is 0 Å². The summed E-state index contributed by atoms with van der Waals surface area (Å²) in [5.74, 6) is 0.423. The van der Waals surface area contributed by atoms with Gasteiger partial charge in [-0.3, -0.25) is 10.1 Å². The van der Waals surface area contributed by atoms with Gasteiger partial charge in [0.25, 0.3) is 5.91 Å². The van der Waals surface area contributed by atoms with E-state index in [1.165, 1.54) is 11.3 Å². The summed E-state index contributed by atoms with van der Waals surface area (Å²) in [6, 6.07) is 11.0. The van der Waals surface area contributed by atoms with Gasteiger partial charge in [-0.25, -0.2) is 4.98 Å². The van der Waals surface area contributed by atoms with Crippen LogP contribution in [-0.2, 0) is 4.79 Å². The second-order valence-corrected chi connectivity index (χ2v) is 7.47. The first-order valence-electron chi connectivity index (χ1n) is 7.83. The van der Waals surface area contributed by atoms with Crippen molar-refractivity contribution in [2.45, 2.75) is 13.8 Å². The number of amides is 1.